The van der Waals surface area contributed by atoms with Crippen molar-refractivity contribution in [3.05, 3.63) is 66.0 Å². The number of nitrogens with one attached hydrogen (secondary N) is 1. The lowest BCUT2D eigenvalue weighted by Crippen LogP contribution is -2.15. The zero-order chi connectivity index (χ0) is 21.0. The average molecular weight is 405 g/mol. The fraction of sp³-hybridized carbons (Fsp3) is 0.105. The molecule has 3 aromatic rings. The Morgan fingerprint density at radius 2 is 1.83 bits per heavy atom. The molecule has 0 fully saturated rings. The lowest BCUT2D eigenvalue weighted by atomic mass is 10.2. The van der Waals surface area contributed by atoms with E-state index >= 15 is 0 Å². The van der Waals surface area contributed by atoms with Crippen LogP contribution in [0.2, 0.25) is 0 Å². The predicted molar refractivity (Wildman–Crippen MR) is 96.2 cm³/mol. The summed E-state index contributed by atoms with van der Waals surface area (Å²) in [4.78, 5) is 20.2. The molecule has 2 N–H and O–H groups in total. The van der Waals surface area contributed by atoms with Crippen LogP contribution in [0.1, 0.15) is 16.1 Å². The first-order valence-electron chi connectivity index (χ1n) is 8.13. The number of aromatic nitrogens is 2. The average Bonchev–Trinajstić information content (AvgIpc) is 2.68. The van der Waals surface area contributed by atoms with Gasteiger partial charge in [-0.3, -0.25) is 4.79 Å². The topological polar surface area (TPSA) is 93.6 Å². The number of methoxy groups -OCH3 is 1. The smallest absolute Gasteiger partial charge is 0.416 e. The van der Waals surface area contributed by atoms with Crippen LogP contribution in [0.4, 0.5) is 19.0 Å². The summed E-state index contributed by atoms with van der Waals surface area (Å²) in [6.45, 7) is 0. The number of rotatable bonds is 5. The number of hydrogen-bond donors (Lipinski definition) is 2. The standard InChI is InChI=1S/C19H14F3N3O4/c1-28-13-9-10-23-16(17(13)26)18(27)25-14-3-2-4-15(24-14)29-12-7-5-11(6-8-12)19(20,21)22/h2-10,26H,1H3,(H,24,25,27). The van der Waals surface area contributed by atoms with Gasteiger partial charge in [-0.1, -0.05) is 6.07 Å². The highest BCUT2D eigenvalue weighted by Gasteiger charge is 2.30. The fourth-order valence-corrected chi connectivity index (χ4v) is 2.32. The van der Waals surface area contributed by atoms with Gasteiger partial charge in [0.25, 0.3) is 5.91 Å². The molecule has 0 aliphatic carbocycles. The van der Waals surface area contributed by atoms with Crippen LogP contribution in [0.25, 0.3) is 0 Å². The molecule has 1 aromatic carbocycles. The number of pyridine rings is 2. The Kier molecular flexibility index (Phi) is 5.53. The molecule has 3 rings (SSSR count). The molecule has 0 aliphatic rings. The number of carbonyl (C=O) groups is 1. The molecule has 0 atom stereocenters. The van der Waals surface area contributed by atoms with E-state index in [0.717, 1.165) is 24.3 Å². The molecule has 2 heterocycles. The number of benzene rings is 1. The minimum absolute atomic E-state index is 0.0467. The molecular weight excluding hydrogens is 391 g/mol. The number of carbonyl (C=O) groups excluding carboxylic acids is 1. The lowest BCUT2D eigenvalue weighted by molar-refractivity contribution is -0.137. The van der Waals surface area contributed by atoms with Crippen molar-refractivity contribution >= 4 is 11.7 Å². The number of ether oxygens (including phenoxy) is 2. The van der Waals surface area contributed by atoms with Crippen LogP contribution < -0.4 is 14.8 Å². The summed E-state index contributed by atoms with van der Waals surface area (Å²) in [5.41, 5.74) is -1.07. The summed E-state index contributed by atoms with van der Waals surface area (Å²) in [5.74, 6) is -0.808. The fourth-order valence-electron chi connectivity index (χ4n) is 2.32. The third-order valence-corrected chi connectivity index (χ3v) is 3.69. The highest BCUT2D eigenvalue weighted by Crippen LogP contribution is 2.31. The van der Waals surface area contributed by atoms with Crippen molar-refractivity contribution in [2.45, 2.75) is 6.18 Å². The molecule has 2 aromatic heterocycles. The molecular formula is C19H14F3N3O4. The number of amides is 1. The predicted octanol–water partition coefficient (Wildman–Crippen LogP) is 4.25. The maximum Gasteiger partial charge on any atom is 0.416 e. The van der Waals surface area contributed by atoms with Crippen molar-refractivity contribution in [2.24, 2.45) is 0 Å². The zero-order valence-corrected chi connectivity index (χ0v) is 14.9. The molecule has 150 valence electrons. The molecule has 0 unspecified atom stereocenters. The lowest BCUT2D eigenvalue weighted by Gasteiger charge is -2.10. The molecule has 0 saturated carbocycles. The van der Waals surface area contributed by atoms with Crippen LogP contribution >= 0.6 is 0 Å². The molecule has 10 heteroatoms. The second kappa shape index (κ2) is 8.05. The molecule has 0 saturated heterocycles. The number of anilines is 1. The summed E-state index contributed by atoms with van der Waals surface area (Å²) in [6, 6.07) is 9.95. The first-order valence-corrected chi connectivity index (χ1v) is 8.13. The largest absolute Gasteiger partial charge is 0.503 e. The van der Waals surface area contributed by atoms with E-state index in [1.54, 1.807) is 0 Å². The van der Waals surface area contributed by atoms with Crippen LogP contribution in [-0.2, 0) is 6.18 Å². The first-order chi connectivity index (χ1) is 13.8. The summed E-state index contributed by atoms with van der Waals surface area (Å²) in [6.07, 6.45) is -3.15. The van der Waals surface area contributed by atoms with Crippen molar-refractivity contribution in [2.75, 3.05) is 12.4 Å². The van der Waals surface area contributed by atoms with Crippen molar-refractivity contribution < 1.29 is 32.5 Å². The molecule has 7 nitrogen and oxygen atoms in total. The Morgan fingerprint density at radius 1 is 1.10 bits per heavy atom. The Morgan fingerprint density at radius 3 is 2.48 bits per heavy atom. The SMILES string of the molecule is COc1ccnc(C(=O)Nc2cccc(Oc3ccc(C(F)(F)F)cc3)n2)c1O. The van der Waals surface area contributed by atoms with Crippen LogP contribution in [-0.4, -0.2) is 28.1 Å². The highest BCUT2D eigenvalue weighted by molar-refractivity contribution is 6.04. The van der Waals surface area contributed by atoms with Gasteiger partial charge < -0.3 is 19.9 Å². The van der Waals surface area contributed by atoms with E-state index in [9.17, 15) is 23.1 Å². The van der Waals surface area contributed by atoms with Gasteiger partial charge in [0.15, 0.2) is 17.2 Å². The van der Waals surface area contributed by atoms with Crippen LogP contribution in [0.3, 0.4) is 0 Å². The van der Waals surface area contributed by atoms with Crippen LogP contribution in [0, 0.1) is 0 Å². The van der Waals surface area contributed by atoms with E-state index in [1.807, 2.05) is 0 Å². The number of nitrogens with zero attached hydrogens (tertiary/aromatic N) is 2. The van der Waals surface area contributed by atoms with E-state index in [1.165, 1.54) is 37.6 Å². The number of aromatic hydroxyl groups is 1. The van der Waals surface area contributed by atoms with Crippen molar-refractivity contribution in [3.8, 4) is 23.1 Å². The minimum Gasteiger partial charge on any atom is -0.503 e. The first kappa shape index (κ1) is 19.9. The Bertz CT molecular complexity index is 1020. The Labute approximate surface area is 162 Å². The molecule has 1 amide bonds. The molecule has 0 radical (unpaired) electrons. The van der Waals surface area contributed by atoms with Gasteiger partial charge in [0, 0.05) is 18.3 Å². The second-order valence-corrected chi connectivity index (χ2v) is 5.65. The molecule has 0 spiro atoms. The molecule has 0 bridgehead atoms. The van der Waals surface area contributed by atoms with E-state index in [0.29, 0.717) is 0 Å². The van der Waals surface area contributed by atoms with Gasteiger partial charge in [0.1, 0.15) is 11.6 Å². The van der Waals surface area contributed by atoms with Gasteiger partial charge in [-0.05, 0) is 30.3 Å². The highest BCUT2D eigenvalue weighted by atomic mass is 19.4. The summed E-state index contributed by atoms with van der Waals surface area (Å²) in [7, 11) is 1.33. The van der Waals surface area contributed by atoms with E-state index < -0.39 is 23.4 Å². The Hall–Kier alpha value is -3.82. The van der Waals surface area contributed by atoms with Gasteiger partial charge in [-0.2, -0.15) is 18.2 Å². The second-order valence-electron chi connectivity index (χ2n) is 5.65. The third-order valence-electron chi connectivity index (χ3n) is 3.69. The van der Waals surface area contributed by atoms with Crippen molar-refractivity contribution in [1.29, 1.82) is 0 Å². The number of alkyl halides is 3. The quantitative estimate of drug-likeness (QED) is 0.659. The summed E-state index contributed by atoms with van der Waals surface area (Å²) in [5, 5.41) is 12.4. The minimum atomic E-state index is -4.44. The maximum absolute atomic E-state index is 12.6. The van der Waals surface area contributed by atoms with Crippen molar-refractivity contribution in [3.63, 3.8) is 0 Å². The summed E-state index contributed by atoms with van der Waals surface area (Å²) < 4.78 is 48.2. The van der Waals surface area contributed by atoms with Gasteiger partial charge in [-0.15, -0.1) is 0 Å². The monoisotopic (exact) mass is 405 g/mol. The normalized spacial score (nSPS) is 11.0. The number of hydrogen-bond acceptors (Lipinski definition) is 6. The van der Waals surface area contributed by atoms with Gasteiger partial charge >= 0.3 is 6.18 Å². The van der Waals surface area contributed by atoms with E-state index in [2.05, 4.69) is 15.3 Å². The van der Waals surface area contributed by atoms with E-state index in [4.69, 9.17) is 9.47 Å². The molecule has 29 heavy (non-hydrogen) atoms. The Balaban J connectivity index is 1.74. The van der Waals surface area contributed by atoms with Gasteiger partial charge in [-0.25, -0.2) is 4.98 Å². The molecule has 0 aliphatic heterocycles. The van der Waals surface area contributed by atoms with Crippen molar-refractivity contribution in [1.82, 2.24) is 9.97 Å². The number of halogens is 3. The van der Waals surface area contributed by atoms with Crippen LogP contribution in [0.5, 0.6) is 23.1 Å². The van der Waals surface area contributed by atoms with Gasteiger partial charge in [0.05, 0.1) is 12.7 Å². The maximum atomic E-state index is 12.6. The summed E-state index contributed by atoms with van der Waals surface area (Å²) >= 11 is 0. The van der Waals surface area contributed by atoms with E-state index in [-0.39, 0.29) is 28.9 Å². The van der Waals surface area contributed by atoms with Gasteiger partial charge in [0.2, 0.25) is 5.88 Å². The third kappa shape index (κ3) is 4.72. The zero-order valence-electron chi connectivity index (χ0n) is 14.9. The van der Waals surface area contributed by atoms with Crippen LogP contribution in [0.15, 0.2) is 54.7 Å².